The lowest BCUT2D eigenvalue weighted by Gasteiger charge is -2.37. The number of halogens is 1. The fourth-order valence-electron chi connectivity index (χ4n) is 3.22. The zero-order valence-electron chi connectivity index (χ0n) is 15.0. The molecule has 1 aromatic carbocycles. The summed E-state index contributed by atoms with van der Waals surface area (Å²) in [7, 11) is 0. The Morgan fingerprint density at radius 2 is 1.62 bits per heavy atom. The lowest BCUT2D eigenvalue weighted by Crippen LogP contribution is -2.56. The summed E-state index contributed by atoms with van der Waals surface area (Å²) >= 11 is 5.93. The minimum atomic E-state index is -0.533. The molecule has 0 spiro atoms. The van der Waals surface area contributed by atoms with Gasteiger partial charge in [0.15, 0.2) is 0 Å². The Bertz CT molecular complexity index is 626. The number of urea groups is 1. The van der Waals surface area contributed by atoms with Gasteiger partial charge in [-0.05, 0) is 31.2 Å². The van der Waals surface area contributed by atoms with Gasteiger partial charge in [0.1, 0.15) is 6.04 Å². The molecule has 1 aromatic rings. The van der Waals surface area contributed by atoms with Gasteiger partial charge in [-0.1, -0.05) is 11.6 Å². The van der Waals surface area contributed by atoms with Crippen molar-refractivity contribution in [2.24, 2.45) is 0 Å². The van der Waals surface area contributed by atoms with Crippen molar-refractivity contribution in [3.05, 3.63) is 29.3 Å². The summed E-state index contributed by atoms with van der Waals surface area (Å²) in [5.41, 5.74) is 1.10. The largest absolute Gasteiger partial charge is 0.378 e. The van der Waals surface area contributed by atoms with Gasteiger partial charge in [-0.15, -0.1) is 0 Å². The fraction of sp³-hybridized carbons (Fsp3) is 0.556. The number of amides is 3. The molecular weight excluding hydrogens is 356 g/mol. The topological polar surface area (TPSA) is 65.1 Å². The minimum Gasteiger partial charge on any atom is -0.378 e. The Hall–Kier alpha value is -1.99. The maximum atomic E-state index is 12.5. The second-order valence-electron chi connectivity index (χ2n) is 6.56. The maximum absolute atomic E-state index is 12.5. The van der Waals surface area contributed by atoms with E-state index in [4.69, 9.17) is 16.3 Å². The van der Waals surface area contributed by atoms with Crippen LogP contribution in [0.2, 0.25) is 5.02 Å². The van der Waals surface area contributed by atoms with E-state index >= 15 is 0 Å². The lowest BCUT2D eigenvalue weighted by molar-refractivity contribution is -0.136. The van der Waals surface area contributed by atoms with E-state index in [1.807, 2.05) is 24.3 Å². The summed E-state index contributed by atoms with van der Waals surface area (Å²) in [5, 5.41) is 3.54. The number of piperazine rings is 1. The Labute approximate surface area is 158 Å². The van der Waals surface area contributed by atoms with Crippen molar-refractivity contribution in [3.63, 3.8) is 0 Å². The van der Waals surface area contributed by atoms with Gasteiger partial charge in [0.2, 0.25) is 5.91 Å². The Kier molecular flexibility index (Phi) is 6.21. The van der Waals surface area contributed by atoms with Crippen molar-refractivity contribution in [3.8, 4) is 0 Å². The second-order valence-corrected chi connectivity index (χ2v) is 7.00. The first-order valence-corrected chi connectivity index (χ1v) is 9.35. The highest BCUT2D eigenvalue weighted by molar-refractivity contribution is 6.30. The number of nitrogens with zero attached hydrogens (tertiary/aromatic N) is 3. The van der Waals surface area contributed by atoms with Crippen LogP contribution in [0.3, 0.4) is 0 Å². The van der Waals surface area contributed by atoms with Gasteiger partial charge >= 0.3 is 6.03 Å². The average Bonchev–Trinajstić information content (AvgIpc) is 2.68. The molecule has 0 bridgehead atoms. The Morgan fingerprint density at radius 3 is 2.23 bits per heavy atom. The number of morpholine rings is 1. The van der Waals surface area contributed by atoms with Crippen molar-refractivity contribution in [1.29, 1.82) is 0 Å². The minimum absolute atomic E-state index is 0.0542. The van der Waals surface area contributed by atoms with Crippen LogP contribution < -0.4 is 10.2 Å². The molecule has 2 heterocycles. The van der Waals surface area contributed by atoms with E-state index in [2.05, 4.69) is 10.2 Å². The first-order chi connectivity index (χ1) is 12.5. The van der Waals surface area contributed by atoms with Crippen molar-refractivity contribution < 1.29 is 14.3 Å². The van der Waals surface area contributed by atoms with Crippen LogP contribution in [0.4, 0.5) is 10.5 Å². The van der Waals surface area contributed by atoms with Crippen LogP contribution >= 0.6 is 11.6 Å². The van der Waals surface area contributed by atoms with E-state index in [0.29, 0.717) is 44.4 Å². The number of hydrogen-bond acceptors (Lipinski definition) is 4. The number of anilines is 1. The van der Waals surface area contributed by atoms with Gasteiger partial charge in [-0.2, -0.15) is 0 Å². The molecule has 26 heavy (non-hydrogen) atoms. The Balaban J connectivity index is 1.47. The van der Waals surface area contributed by atoms with Crippen LogP contribution in [0.25, 0.3) is 0 Å². The number of carbonyl (C=O) groups is 2. The SMILES string of the molecule is CC(NC(=O)N1CCN(c2ccc(Cl)cc2)CC1)C(=O)N1CCOCC1. The normalized spacial score (nSPS) is 19.2. The molecule has 3 rings (SSSR count). The molecule has 0 aromatic heterocycles. The van der Waals surface area contributed by atoms with E-state index in [0.717, 1.165) is 18.8 Å². The number of hydrogen-bond donors (Lipinski definition) is 1. The lowest BCUT2D eigenvalue weighted by atomic mass is 10.2. The van der Waals surface area contributed by atoms with Gasteiger partial charge in [-0.25, -0.2) is 4.79 Å². The van der Waals surface area contributed by atoms with Gasteiger partial charge < -0.3 is 24.8 Å². The summed E-state index contributed by atoms with van der Waals surface area (Å²) in [5.74, 6) is -0.0542. The predicted molar refractivity (Wildman–Crippen MR) is 101 cm³/mol. The summed E-state index contributed by atoms with van der Waals surface area (Å²) in [6.07, 6.45) is 0. The van der Waals surface area contributed by atoms with Gasteiger partial charge in [0.05, 0.1) is 13.2 Å². The highest BCUT2D eigenvalue weighted by Gasteiger charge is 2.27. The maximum Gasteiger partial charge on any atom is 0.318 e. The molecule has 142 valence electrons. The van der Waals surface area contributed by atoms with Crippen LogP contribution in [0.1, 0.15) is 6.92 Å². The highest BCUT2D eigenvalue weighted by atomic mass is 35.5. The van der Waals surface area contributed by atoms with Gasteiger partial charge in [0.25, 0.3) is 0 Å². The van der Waals surface area contributed by atoms with Crippen LogP contribution in [-0.4, -0.2) is 80.3 Å². The number of benzene rings is 1. The summed E-state index contributed by atoms with van der Waals surface area (Å²) in [6, 6.07) is 7.00. The van der Waals surface area contributed by atoms with Crippen LogP contribution in [0.5, 0.6) is 0 Å². The average molecular weight is 381 g/mol. The first-order valence-electron chi connectivity index (χ1n) is 8.97. The van der Waals surface area contributed by atoms with Crippen molar-refractivity contribution in [2.45, 2.75) is 13.0 Å². The van der Waals surface area contributed by atoms with Crippen LogP contribution in [-0.2, 0) is 9.53 Å². The first kappa shape index (κ1) is 18.8. The molecule has 2 aliphatic rings. The van der Waals surface area contributed by atoms with E-state index < -0.39 is 6.04 Å². The van der Waals surface area contributed by atoms with Crippen LogP contribution in [0, 0.1) is 0 Å². The molecule has 0 radical (unpaired) electrons. The molecule has 0 aliphatic carbocycles. The zero-order valence-corrected chi connectivity index (χ0v) is 15.7. The molecule has 1 unspecified atom stereocenters. The van der Waals surface area contributed by atoms with Crippen molar-refractivity contribution in [2.75, 3.05) is 57.4 Å². The summed E-state index contributed by atoms with van der Waals surface area (Å²) in [4.78, 5) is 30.6. The number of rotatable bonds is 3. The molecule has 3 amide bonds. The fourth-order valence-corrected chi connectivity index (χ4v) is 3.34. The summed E-state index contributed by atoms with van der Waals surface area (Å²) in [6.45, 7) is 6.75. The summed E-state index contributed by atoms with van der Waals surface area (Å²) < 4.78 is 5.26. The third-order valence-electron chi connectivity index (χ3n) is 4.79. The monoisotopic (exact) mass is 380 g/mol. The molecule has 1 atom stereocenters. The molecule has 2 saturated heterocycles. The number of carbonyl (C=O) groups excluding carboxylic acids is 2. The molecule has 8 heteroatoms. The highest BCUT2D eigenvalue weighted by Crippen LogP contribution is 2.19. The molecule has 0 saturated carbocycles. The third-order valence-corrected chi connectivity index (χ3v) is 5.04. The van der Waals surface area contributed by atoms with E-state index in [1.165, 1.54) is 0 Å². The van der Waals surface area contributed by atoms with Gasteiger partial charge in [-0.3, -0.25) is 4.79 Å². The number of nitrogens with one attached hydrogen (secondary N) is 1. The Morgan fingerprint density at radius 1 is 1.00 bits per heavy atom. The van der Waals surface area contributed by atoms with E-state index in [1.54, 1.807) is 16.7 Å². The molecule has 7 nitrogen and oxygen atoms in total. The van der Waals surface area contributed by atoms with E-state index in [9.17, 15) is 9.59 Å². The zero-order chi connectivity index (χ0) is 18.5. The van der Waals surface area contributed by atoms with E-state index in [-0.39, 0.29) is 11.9 Å². The quantitative estimate of drug-likeness (QED) is 0.861. The van der Waals surface area contributed by atoms with Crippen LogP contribution in [0.15, 0.2) is 24.3 Å². The van der Waals surface area contributed by atoms with Crippen molar-refractivity contribution >= 4 is 29.2 Å². The predicted octanol–water partition coefficient (Wildman–Crippen LogP) is 1.42. The molecule has 2 aliphatic heterocycles. The third kappa shape index (κ3) is 4.59. The number of ether oxygens (including phenoxy) is 1. The van der Waals surface area contributed by atoms with Gasteiger partial charge in [0, 0.05) is 50.0 Å². The second kappa shape index (κ2) is 8.60. The molecule has 1 N–H and O–H groups in total. The van der Waals surface area contributed by atoms with Crippen molar-refractivity contribution in [1.82, 2.24) is 15.1 Å². The standard InChI is InChI=1S/C18H25ClN4O3/c1-14(17(24)22-10-12-26-13-11-22)20-18(25)23-8-6-21(7-9-23)16-4-2-15(19)3-5-16/h2-5,14H,6-13H2,1H3,(H,20,25). The smallest absolute Gasteiger partial charge is 0.318 e. The molecular formula is C18H25ClN4O3. The molecule has 2 fully saturated rings.